The number of Topliss-reactive ketones (excluding diaryl/α,β-unsaturated/α-hetero) is 2. The zero-order valence-corrected chi connectivity index (χ0v) is 14.0. The molecule has 0 atom stereocenters. The van der Waals surface area contributed by atoms with Crippen molar-refractivity contribution in [2.45, 2.75) is 19.3 Å². The molecule has 1 aliphatic heterocycles. The highest BCUT2D eigenvalue weighted by Gasteiger charge is 2.36. The summed E-state index contributed by atoms with van der Waals surface area (Å²) in [5.41, 5.74) is 9.24. The van der Waals surface area contributed by atoms with Gasteiger partial charge in [0.25, 0.3) is 0 Å². The van der Waals surface area contributed by atoms with Gasteiger partial charge in [-0.15, -0.1) is 0 Å². The maximum atomic E-state index is 13.3. The Morgan fingerprint density at radius 1 is 0.720 bits per heavy atom. The number of benzene rings is 2. The quantitative estimate of drug-likeness (QED) is 0.854. The fourth-order valence-corrected chi connectivity index (χ4v) is 3.76. The molecule has 2 N–H and O–H groups in total. The second kappa shape index (κ2) is 6.20. The maximum absolute atomic E-state index is 13.3. The Morgan fingerprint density at radius 2 is 1.28 bits per heavy atom. The number of hydrogen-bond acceptors (Lipinski definition) is 4. The molecule has 0 radical (unpaired) electrons. The summed E-state index contributed by atoms with van der Waals surface area (Å²) >= 11 is 0. The minimum absolute atomic E-state index is 0.0737. The summed E-state index contributed by atoms with van der Waals surface area (Å²) in [7, 11) is 0. The van der Waals surface area contributed by atoms with E-state index in [1.54, 1.807) is 30.3 Å². The van der Waals surface area contributed by atoms with Crippen LogP contribution < -0.4 is 5.73 Å². The van der Waals surface area contributed by atoms with Crippen LogP contribution in [0.5, 0.6) is 0 Å². The second-order valence-electron chi connectivity index (χ2n) is 6.56. The van der Waals surface area contributed by atoms with Crippen LogP contribution >= 0.6 is 0 Å². The first-order chi connectivity index (χ1) is 12.2. The summed E-state index contributed by atoms with van der Waals surface area (Å²) in [6, 6.07) is 14.4. The molecule has 2 aromatic carbocycles. The van der Waals surface area contributed by atoms with Gasteiger partial charge in [0, 0.05) is 35.5 Å². The number of anilines is 1. The molecule has 2 aliphatic rings. The van der Waals surface area contributed by atoms with E-state index < -0.39 is 0 Å². The van der Waals surface area contributed by atoms with Crippen molar-refractivity contribution in [3.8, 4) is 0 Å². The summed E-state index contributed by atoms with van der Waals surface area (Å²) in [4.78, 5) is 28.6. The second-order valence-corrected chi connectivity index (χ2v) is 6.56. The van der Waals surface area contributed by atoms with Gasteiger partial charge < -0.3 is 10.6 Å². The lowest BCUT2D eigenvalue weighted by Crippen LogP contribution is -2.37. The lowest BCUT2D eigenvalue weighted by Gasteiger charge is -2.34. The Bertz CT molecular complexity index is 892. The van der Waals surface area contributed by atoms with Crippen LogP contribution in [0.1, 0.15) is 45.5 Å². The van der Waals surface area contributed by atoms with Crippen LogP contribution in [0.25, 0.3) is 5.57 Å². The van der Waals surface area contributed by atoms with Gasteiger partial charge in [0.1, 0.15) is 0 Å². The number of rotatable bonds is 2. The van der Waals surface area contributed by atoms with Crippen molar-refractivity contribution in [2.75, 3.05) is 18.8 Å². The number of likely N-dealkylation sites (tertiary alicyclic amines) is 1. The summed E-state index contributed by atoms with van der Waals surface area (Å²) in [5, 5.41) is 0. The van der Waals surface area contributed by atoms with E-state index in [2.05, 4.69) is 4.90 Å². The number of ketones is 2. The predicted octanol–water partition coefficient (Wildman–Crippen LogP) is 3.55. The first-order valence-corrected chi connectivity index (χ1v) is 8.71. The molecule has 0 unspecified atom stereocenters. The molecule has 0 amide bonds. The fraction of sp³-hybridized carbons (Fsp3) is 0.238. The summed E-state index contributed by atoms with van der Waals surface area (Å²) < 4.78 is 0. The molecule has 0 spiro atoms. The average Bonchev–Trinajstić information content (AvgIpc) is 2.66. The van der Waals surface area contributed by atoms with E-state index in [1.807, 2.05) is 18.2 Å². The Kier molecular flexibility index (Phi) is 3.88. The zero-order valence-electron chi connectivity index (χ0n) is 14.0. The standard InChI is InChI=1S/C21H20N2O2/c22-17-11-5-4-10-16(17)18-19(23-12-6-1-7-13-23)21(25)15-9-3-2-8-14(15)20(18)24/h2-5,8-11H,1,6-7,12-13,22H2. The van der Waals surface area contributed by atoms with E-state index in [-0.39, 0.29) is 11.6 Å². The molecule has 0 saturated carbocycles. The van der Waals surface area contributed by atoms with E-state index in [0.29, 0.717) is 33.6 Å². The van der Waals surface area contributed by atoms with Gasteiger partial charge in [0.2, 0.25) is 5.78 Å². The third-order valence-electron chi connectivity index (χ3n) is 5.00. The van der Waals surface area contributed by atoms with Crippen LogP contribution in [-0.2, 0) is 0 Å². The Hall–Kier alpha value is -2.88. The normalized spacial score (nSPS) is 17.7. The number of hydrogen-bond donors (Lipinski definition) is 1. The van der Waals surface area contributed by atoms with Crippen molar-refractivity contribution in [3.63, 3.8) is 0 Å². The Morgan fingerprint density at radius 3 is 1.92 bits per heavy atom. The molecule has 4 nitrogen and oxygen atoms in total. The molecule has 4 heteroatoms. The third-order valence-corrected chi connectivity index (χ3v) is 5.00. The molecule has 1 fully saturated rings. The number of piperidine rings is 1. The van der Waals surface area contributed by atoms with Crippen LogP contribution in [0.15, 0.2) is 54.2 Å². The molecule has 4 rings (SSSR count). The number of nitrogens with zero attached hydrogens (tertiary/aromatic N) is 1. The van der Waals surface area contributed by atoms with Gasteiger partial charge >= 0.3 is 0 Å². The van der Waals surface area contributed by atoms with Gasteiger partial charge in [0.05, 0.1) is 11.3 Å². The average molecular weight is 332 g/mol. The van der Waals surface area contributed by atoms with E-state index in [0.717, 1.165) is 32.4 Å². The molecule has 2 aromatic rings. The van der Waals surface area contributed by atoms with Gasteiger partial charge in [-0.25, -0.2) is 0 Å². The molecule has 1 aliphatic carbocycles. The fourth-order valence-electron chi connectivity index (χ4n) is 3.76. The molecular formula is C21H20N2O2. The first kappa shape index (κ1) is 15.6. The van der Waals surface area contributed by atoms with Crippen LogP contribution in [0.3, 0.4) is 0 Å². The number of para-hydroxylation sites is 1. The summed E-state index contributed by atoms with van der Waals surface area (Å²) in [6.45, 7) is 1.60. The molecule has 1 saturated heterocycles. The number of carbonyl (C=O) groups excluding carboxylic acids is 2. The predicted molar refractivity (Wildman–Crippen MR) is 98.3 cm³/mol. The topological polar surface area (TPSA) is 63.4 Å². The molecule has 25 heavy (non-hydrogen) atoms. The number of nitrogens with two attached hydrogens (primary N) is 1. The monoisotopic (exact) mass is 332 g/mol. The number of carbonyl (C=O) groups is 2. The van der Waals surface area contributed by atoms with Gasteiger partial charge in [-0.2, -0.15) is 0 Å². The SMILES string of the molecule is Nc1ccccc1C1=C(N2CCCCC2)C(=O)c2ccccc2C1=O. The van der Waals surface area contributed by atoms with Crippen LogP contribution in [-0.4, -0.2) is 29.6 Å². The minimum Gasteiger partial charge on any atom is -0.398 e. The summed E-state index contributed by atoms with van der Waals surface area (Å²) in [6.07, 6.45) is 3.22. The highest BCUT2D eigenvalue weighted by atomic mass is 16.1. The van der Waals surface area contributed by atoms with Gasteiger partial charge in [0.15, 0.2) is 5.78 Å². The van der Waals surface area contributed by atoms with Crippen molar-refractivity contribution in [1.29, 1.82) is 0 Å². The third kappa shape index (κ3) is 2.54. The van der Waals surface area contributed by atoms with Gasteiger partial charge in [-0.3, -0.25) is 9.59 Å². The van der Waals surface area contributed by atoms with Crippen molar-refractivity contribution in [2.24, 2.45) is 0 Å². The number of fused-ring (bicyclic) bond motifs is 1. The maximum Gasteiger partial charge on any atom is 0.210 e. The molecule has 0 bridgehead atoms. The Labute approximate surface area is 146 Å². The summed E-state index contributed by atoms with van der Waals surface area (Å²) in [5.74, 6) is -0.191. The Balaban J connectivity index is 1.97. The molecule has 0 aromatic heterocycles. The highest BCUT2D eigenvalue weighted by Crippen LogP contribution is 2.37. The first-order valence-electron chi connectivity index (χ1n) is 8.71. The number of allylic oxidation sites excluding steroid dienone is 2. The van der Waals surface area contributed by atoms with Gasteiger partial charge in [-0.1, -0.05) is 42.5 Å². The van der Waals surface area contributed by atoms with Crippen LogP contribution in [0.2, 0.25) is 0 Å². The van der Waals surface area contributed by atoms with Crippen molar-refractivity contribution >= 4 is 22.8 Å². The van der Waals surface area contributed by atoms with Crippen molar-refractivity contribution < 1.29 is 9.59 Å². The highest BCUT2D eigenvalue weighted by molar-refractivity contribution is 6.40. The largest absolute Gasteiger partial charge is 0.398 e. The molecular weight excluding hydrogens is 312 g/mol. The zero-order chi connectivity index (χ0) is 17.4. The van der Waals surface area contributed by atoms with E-state index in [1.165, 1.54) is 0 Å². The smallest absolute Gasteiger partial charge is 0.210 e. The van der Waals surface area contributed by atoms with E-state index in [4.69, 9.17) is 5.73 Å². The van der Waals surface area contributed by atoms with E-state index >= 15 is 0 Å². The van der Waals surface area contributed by atoms with Crippen molar-refractivity contribution in [1.82, 2.24) is 4.90 Å². The van der Waals surface area contributed by atoms with Crippen molar-refractivity contribution in [3.05, 3.63) is 70.9 Å². The lowest BCUT2D eigenvalue weighted by molar-refractivity contribution is 0.0951. The van der Waals surface area contributed by atoms with Gasteiger partial charge in [-0.05, 0) is 25.3 Å². The lowest BCUT2D eigenvalue weighted by atomic mass is 9.82. The molecule has 1 heterocycles. The van der Waals surface area contributed by atoms with E-state index in [9.17, 15) is 9.59 Å². The van der Waals surface area contributed by atoms with Crippen LogP contribution in [0, 0.1) is 0 Å². The minimum atomic E-state index is -0.117. The number of nitrogen functional groups attached to an aromatic ring is 1. The molecule has 126 valence electrons. The van der Waals surface area contributed by atoms with Crippen LogP contribution in [0.4, 0.5) is 5.69 Å².